The molecule has 0 saturated carbocycles. The Morgan fingerprint density at radius 1 is 0.974 bits per heavy atom. The van der Waals surface area contributed by atoms with E-state index in [0.29, 0.717) is 35.4 Å². The lowest BCUT2D eigenvalue weighted by Crippen LogP contribution is -2.42. The SMILES string of the molecule is COc1ccc(C2CC(c3ccccc3Cl)=NN2C(=O)CN2CCC(Cc3ccccc3)CC2)c(OC)c1. The number of amides is 1. The van der Waals surface area contributed by atoms with Gasteiger partial charge in [0.1, 0.15) is 11.5 Å². The number of hydrogen-bond donors (Lipinski definition) is 0. The van der Waals surface area contributed by atoms with Crippen molar-refractivity contribution in [1.29, 1.82) is 0 Å². The van der Waals surface area contributed by atoms with Crippen molar-refractivity contribution in [2.24, 2.45) is 11.0 Å². The lowest BCUT2D eigenvalue weighted by atomic mass is 9.90. The minimum absolute atomic E-state index is 0.0172. The molecule has 2 aliphatic heterocycles. The van der Waals surface area contributed by atoms with Crippen LogP contribution >= 0.6 is 11.6 Å². The molecule has 1 atom stereocenters. The van der Waals surface area contributed by atoms with Gasteiger partial charge in [0.05, 0.1) is 32.5 Å². The lowest BCUT2D eigenvalue weighted by Gasteiger charge is -2.33. The average molecular weight is 532 g/mol. The molecule has 38 heavy (non-hydrogen) atoms. The van der Waals surface area contributed by atoms with Crippen molar-refractivity contribution in [2.75, 3.05) is 33.9 Å². The molecule has 1 unspecified atom stereocenters. The zero-order valence-corrected chi connectivity index (χ0v) is 22.7. The van der Waals surface area contributed by atoms with Gasteiger partial charge in [-0.3, -0.25) is 9.69 Å². The van der Waals surface area contributed by atoms with Crippen LogP contribution in [0.25, 0.3) is 0 Å². The number of carbonyl (C=O) groups is 1. The summed E-state index contributed by atoms with van der Waals surface area (Å²) in [6.07, 6.45) is 3.83. The zero-order valence-electron chi connectivity index (χ0n) is 22.0. The largest absolute Gasteiger partial charge is 0.497 e. The number of carbonyl (C=O) groups excluding carboxylic acids is 1. The van der Waals surface area contributed by atoms with E-state index in [1.54, 1.807) is 19.2 Å². The predicted molar refractivity (Wildman–Crippen MR) is 151 cm³/mol. The number of halogens is 1. The molecule has 1 saturated heterocycles. The third-order valence-corrected chi connectivity index (χ3v) is 7.91. The highest BCUT2D eigenvalue weighted by atomic mass is 35.5. The molecule has 3 aromatic rings. The fraction of sp³-hybridized carbons (Fsp3) is 0.355. The van der Waals surface area contributed by atoms with Crippen molar-refractivity contribution in [3.8, 4) is 11.5 Å². The Kier molecular flexibility index (Phi) is 8.30. The fourth-order valence-corrected chi connectivity index (χ4v) is 5.74. The second-order valence-electron chi connectivity index (χ2n) is 10.0. The zero-order chi connectivity index (χ0) is 26.5. The van der Waals surface area contributed by atoms with E-state index in [-0.39, 0.29) is 11.9 Å². The van der Waals surface area contributed by atoms with Crippen LogP contribution < -0.4 is 9.47 Å². The van der Waals surface area contributed by atoms with Gasteiger partial charge in [0.25, 0.3) is 5.91 Å². The van der Waals surface area contributed by atoms with Crippen molar-refractivity contribution in [3.05, 3.63) is 94.5 Å². The van der Waals surface area contributed by atoms with E-state index < -0.39 is 0 Å². The van der Waals surface area contributed by atoms with Gasteiger partial charge in [-0.2, -0.15) is 5.10 Å². The van der Waals surface area contributed by atoms with E-state index in [9.17, 15) is 4.79 Å². The summed E-state index contributed by atoms with van der Waals surface area (Å²) in [5, 5.41) is 7.10. The van der Waals surface area contributed by atoms with E-state index in [4.69, 9.17) is 26.2 Å². The van der Waals surface area contributed by atoms with Crippen LogP contribution in [0.15, 0.2) is 77.9 Å². The van der Waals surface area contributed by atoms with Crippen LogP contribution in [0.3, 0.4) is 0 Å². The third kappa shape index (κ3) is 5.87. The first-order valence-electron chi connectivity index (χ1n) is 13.2. The van der Waals surface area contributed by atoms with Crippen molar-refractivity contribution >= 4 is 23.2 Å². The van der Waals surface area contributed by atoms with Gasteiger partial charge in [-0.1, -0.05) is 60.1 Å². The number of hydrazone groups is 1. The van der Waals surface area contributed by atoms with E-state index in [1.807, 2.05) is 42.5 Å². The van der Waals surface area contributed by atoms with Crippen LogP contribution in [0.2, 0.25) is 5.02 Å². The summed E-state index contributed by atoms with van der Waals surface area (Å²) < 4.78 is 11.1. The Bertz CT molecular complexity index is 1290. The molecule has 5 rings (SSSR count). The van der Waals surface area contributed by atoms with Gasteiger partial charge in [0, 0.05) is 28.6 Å². The number of piperidine rings is 1. The summed E-state index contributed by atoms with van der Waals surface area (Å²) in [4.78, 5) is 16.0. The lowest BCUT2D eigenvalue weighted by molar-refractivity contribution is -0.134. The second kappa shape index (κ2) is 12.0. The highest BCUT2D eigenvalue weighted by molar-refractivity contribution is 6.34. The van der Waals surface area contributed by atoms with Crippen molar-refractivity contribution in [1.82, 2.24) is 9.91 Å². The van der Waals surface area contributed by atoms with E-state index in [2.05, 4.69) is 35.2 Å². The summed E-state index contributed by atoms with van der Waals surface area (Å²) >= 11 is 6.52. The van der Waals surface area contributed by atoms with Gasteiger partial charge in [0.2, 0.25) is 0 Å². The fourth-order valence-electron chi connectivity index (χ4n) is 5.49. The molecule has 0 bridgehead atoms. The quantitative estimate of drug-likeness (QED) is 0.358. The molecular weight excluding hydrogens is 498 g/mol. The van der Waals surface area contributed by atoms with Gasteiger partial charge < -0.3 is 9.47 Å². The summed E-state index contributed by atoms with van der Waals surface area (Å²) in [6.45, 7) is 2.16. The number of rotatable bonds is 8. The molecule has 0 spiro atoms. The Morgan fingerprint density at radius 3 is 2.42 bits per heavy atom. The second-order valence-corrected chi connectivity index (χ2v) is 10.4. The van der Waals surface area contributed by atoms with Crippen LogP contribution in [0, 0.1) is 5.92 Å². The number of hydrogen-bond acceptors (Lipinski definition) is 5. The smallest absolute Gasteiger partial charge is 0.257 e. The molecule has 0 N–H and O–H groups in total. The molecule has 6 nitrogen and oxygen atoms in total. The number of methoxy groups -OCH3 is 2. The number of nitrogens with zero attached hydrogens (tertiary/aromatic N) is 3. The minimum atomic E-state index is -0.287. The van der Waals surface area contributed by atoms with Gasteiger partial charge in [-0.15, -0.1) is 0 Å². The molecule has 0 radical (unpaired) electrons. The van der Waals surface area contributed by atoms with E-state index >= 15 is 0 Å². The highest BCUT2D eigenvalue weighted by Gasteiger charge is 2.36. The number of likely N-dealkylation sites (tertiary alicyclic amines) is 1. The first-order valence-corrected chi connectivity index (χ1v) is 13.6. The predicted octanol–water partition coefficient (Wildman–Crippen LogP) is 5.99. The van der Waals surface area contributed by atoms with Gasteiger partial charge >= 0.3 is 0 Å². The van der Waals surface area contributed by atoms with E-state index in [1.165, 1.54) is 5.56 Å². The summed E-state index contributed by atoms with van der Waals surface area (Å²) in [6, 6.07) is 23.7. The normalized spacial score (nSPS) is 18.3. The van der Waals surface area contributed by atoms with Crippen molar-refractivity contribution < 1.29 is 14.3 Å². The molecule has 0 aromatic heterocycles. The standard InChI is InChI=1S/C31H34ClN3O3/c1-37-24-12-13-26(30(19-24)38-2)29-20-28(25-10-6-7-11-27(25)32)33-35(29)31(36)21-34-16-14-23(15-17-34)18-22-8-4-3-5-9-22/h3-13,19,23,29H,14-18,20-21H2,1-2H3. The Labute approximate surface area is 229 Å². The van der Waals surface area contributed by atoms with Crippen molar-refractivity contribution in [2.45, 2.75) is 31.7 Å². The number of benzene rings is 3. The first-order chi connectivity index (χ1) is 18.6. The van der Waals surface area contributed by atoms with E-state index in [0.717, 1.165) is 49.2 Å². The number of ether oxygens (including phenoxy) is 2. The Hall–Kier alpha value is -3.35. The third-order valence-electron chi connectivity index (χ3n) is 7.58. The maximum atomic E-state index is 13.7. The molecule has 0 aliphatic carbocycles. The van der Waals surface area contributed by atoms with Crippen LogP contribution in [0.1, 0.15) is 42.0 Å². The Balaban J connectivity index is 1.33. The molecule has 1 amide bonds. The molecule has 198 valence electrons. The van der Waals surface area contributed by atoms with Crippen molar-refractivity contribution in [3.63, 3.8) is 0 Å². The maximum absolute atomic E-state index is 13.7. The first kappa shape index (κ1) is 26.3. The monoisotopic (exact) mass is 531 g/mol. The average Bonchev–Trinajstić information content (AvgIpc) is 3.40. The summed E-state index contributed by atoms with van der Waals surface area (Å²) in [5.41, 5.74) is 3.93. The summed E-state index contributed by atoms with van der Waals surface area (Å²) in [7, 11) is 3.26. The Morgan fingerprint density at radius 2 is 1.71 bits per heavy atom. The van der Waals surface area contributed by atoms with Gasteiger partial charge in [-0.05, 0) is 62.0 Å². The summed E-state index contributed by atoms with van der Waals surface area (Å²) in [5.74, 6) is 2.00. The highest BCUT2D eigenvalue weighted by Crippen LogP contribution is 2.40. The van der Waals surface area contributed by atoms with Crippen LogP contribution in [-0.4, -0.2) is 55.4 Å². The molecule has 2 aliphatic rings. The molecule has 7 heteroatoms. The van der Waals surface area contributed by atoms with Crippen LogP contribution in [0.4, 0.5) is 0 Å². The van der Waals surface area contributed by atoms with Crippen LogP contribution in [0.5, 0.6) is 11.5 Å². The molecule has 3 aromatic carbocycles. The minimum Gasteiger partial charge on any atom is -0.497 e. The molecular formula is C31H34ClN3O3. The molecule has 2 heterocycles. The topological polar surface area (TPSA) is 54.4 Å². The maximum Gasteiger partial charge on any atom is 0.257 e. The van der Waals surface area contributed by atoms with Crippen LogP contribution in [-0.2, 0) is 11.2 Å². The van der Waals surface area contributed by atoms with Gasteiger partial charge in [0.15, 0.2) is 0 Å². The molecule has 1 fully saturated rings. The van der Waals surface area contributed by atoms with Gasteiger partial charge in [-0.25, -0.2) is 5.01 Å².